The summed E-state index contributed by atoms with van der Waals surface area (Å²) in [5.74, 6) is 1.70. The van der Waals surface area contributed by atoms with Gasteiger partial charge in [0, 0.05) is 19.6 Å². The molecule has 0 aromatic heterocycles. The van der Waals surface area contributed by atoms with Crippen molar-refractivity contribution in [2.75, 3.05) is 46.6 Å². The van der Waals surface area contributed by atoms with Crippen molar-refractivity contribution in [1.82, 2.24) is 4.90 Å². The van der Waals surface area contributed by atoms with Crippen LogP contribution in [0.5, 0.6) is 11.5 Å². The van der Waals surface area contributed by atoms with Crippen molar-refractivity contribution in [2.45, 2.75) is 0 Å². The van der Waals surface area contributed by atoms with Crippen LogP contribution in [-0.2, 0) is 4.74 Å². The predicted octanol–water partition coefficient (Wildman–Crippen LogP) is 2.38. The largest absolute Gasteiger partial charge is 0.497 e. The highest BCUT2D eigenvalue weighted by Crippen LogP contribution is 2.16. The van der Waals surface area contributed by atoms with Crippen molar-refractivity contribution in [3.05, 3.63) is 36.4 Å². The normalized spacial score (nSPS) is 15.8. The second-order valence-corrected chi connectivity index (χ2v) is 4.37. The van der Waals surface area contributed by atoms with Crippen LogP contribution in [0.15, 0.2) is 36.4 Å². The molecule has 112 valence electrons. The first-order chi connectivity index (χ1) is 9.38. The Labute approximate surface area is 126 Å². The molecule has 1 aliphatic heterocycles. The number of methoxy groups -OCH3 is 1. The molecule has 1 saturated heterocycles. The Hall–Kier alpha value is -1.23. The van der Waals surface area contributed by atoms with Crippen LogP contribution in [0.3, 0.4) is 0 Å². The van der Waals surface area contributed by atoms with Crippen molar-refractivity contribution >= 4 is 12.4 Å². The van der Waals surface area contributed by atoms with Crippen molar-refractivity contribution in [3.8, 4) is 11.5 Å². The van der Waals surface area contributed by atoms with Crippen molar-refractivity contribution in [2.24, 2.45) is 0 Å². The van der Waals surface area contributed by atoms with E-state index < -0.39 is 0 Å². The average molecular weight is 300 g/mol. The molecule has 0 spiro atoms. The molecule has 5 heteroatoms. The fraction of sp³-hybridized carbons (Fsp3) is 0.467. The number of halogens is 1. The first-order valence-corrected chi connectivity index (χ1v) is 6.60. The standard InChI is InChI=1S/C15H21NO3.ClH/c1-17-14-4-6-15(7-5-14)19-11-3-2-8-16-9-12-18-13-10-16;/h2-7H,8-13H2,1H3;1H. The third-order valence-electron chi connectivity index (χ3n) is 3.04. The van der Waals surface area contributed by atoms with Crippen molar-refractivity contribution < 1.29 is 14.2 Å². The molecule has 4 nitrogen and oxygen atoms in total. The molecule has 1 aliphatic rings. The van der Waals surface area contributed by atoms with Gasteiger partial charge in [-0.05, 0) is 24.3 Å². The Bertz CT molecular complexity index is 389. The maximum absolute atomic E-state index is 5.61. The first kappa shape index (κ1) is 16.8. The van der Waals surface area contributed by atoms with Crippen LogP contribution in [-0.4, -0.2) is 51.5 Å². The number of benzene rings is 1. The molecular weight excluding hydrogens is 278 g/mol. The Morgan fingerprint density at radius 3 is 2.40 bits per heavy atom. The fourth-order valence-corrected chi connectivity index (χ4v) is 1.89. The predicted molar refractivity (Wildman–Crippen MR) is 82.1 cm³/mol. The number of rotatable bonds is 6. The third kappa shape index (κ3) is 5.82. The summed E-state index contributed by atoms with van der Waals surface area (Å²) in [7, 11) is 1.66. The summed E-state index contributed by atoms with van der Waals surface area (Å²) in [6.45, 7) is 5.28. The van der Waals surface area contributed by atoms with Crippen LogP contribution in [0.4, 0.5) is 0 Å². The highest BCUT2D eigenvalue weighted by atomic mass is 35.5. The topological polar surface area (TPSA) is 30.9 Å². The van der Waals surface area contributed by atoms with Crippen molar-refractivity contribution in [3.63, 3.8) is 0 Å². The Morgan fingerprint density at radius 1 is 1.10 bits per heavy atom. The van der Waals surface area contributed by atoms with Crippen LogP contribution in [0.1, 0.15) is 0 Å². The molecule has 1 heterocycles. The molecule has 0 saturated carbocycles. The van der Waals surface area contributed by atoms with Crippen LogP contribution in [0.2, 0.25) is 0 Å². The number of nitrogens with zero attached hydrogens (tertiary/aromatic N) is 1. The number of hydrogen-bond acceptors (Lipinski definition) is 4. The maximum atomic E-state index is 5.61. The van der Waals surface area contributed by atoms with E-state index in [9.17, 15) is 0 Å². The van der Waals surface area contributed by atoms with Gasteiger partial charge >= 0.3 is 0 Å². The minimum absolute atomic E-state index is 0. The Kier molecular flexibility index (Phi) is 8.11. The summed E-state index contributed by atoms with van der Waals surface area (Å²) in [6.07, 6.45) is 4.20. The van der Waals surface area contributed by atoms with E-state index in [0.29, 0.717) is 6.61 Å². The van der Waals surface area contributed by atoms with Gasteiger partial charge in [0.15, 0.2) is 0 Å². The van der Waals surface area contributed by atoms with E-state index in [2.05, 4.69) is 17.1 Å². The molecular formula is C15H22ClNO3. The summed E-state index contributed by atoms with van der Waals surface area (Å²) in [5, 5.41) is 0. The summed E-state index contributed by atoms with van der Waals surface area (Å²) < 4.78 is 16.0. The molecule has 1 aromatic rings. The minimum Gasteiger partial charge on any atom is -0.497 e. The quantitative estimate of drug-likeness (QED) is 0.755. The van der Waals surface area contributed by atoms with Gasteiger partial charge in [-0.1, -0.05) is 12.2 Å². The molecule has 2 rings (SSSR count). The minimum atomic E-state index is 0. The van der Waals surface area contributed by atoms with Crippen LogP contribution in [0.25, 0.3) is 0 Å². The van der Waals surface area contributed by atoms with E-state index in [1.807, 2.05) is 24.3 Å². The number of morpholine rings is 1. The van der Waals surface area contributed by atoms with E-state index in [1.54, 1.807) is 7.11 Å². The highest BCUT2D eigenvalue weighted by Gasteiger charge is 2.07. The number of ether oxygens (including phenoxy) is 3. The lowest BCUT2D eigenvalue weighted by atomic mass is 10.3. The van der Waals surface area contributed by atoms with Gasteiger partial charge in [-0.15, -0.1) is 12.4 Å². The molecule has 0 atom stereocenters. The maximum Gasteiger partial charge on any atom is 0.120 e. The number of hydrogen-bond donors (Lipinski definition) is 0. The zero-order valence-corrected chi connectivity index (χ0v) is 12.6. The van der Waals surface area contributed by atoms with Crippen LogP contribution in [0, 0.1) is 0 Å². The molecule has 0 bridgehead atoms. The van der Waals surface area contributed by atoms with Gasteiger partial charge in [0.25, 0.3) is 0 Å². The third-order valence-corrected chi connectivity index (χ3v) is 3.04. The van der Waals surface area contributed by atoms with E-state index in [4.69, 9.17) is 14.2 Å². The van der Waals surface area contributed by atoms with E-state index in [1.165, 1.54) is 0 Å². The van der Waals surface area contributed by atoms with Gasteiger partial charge in [0.05, 0.1) is 20.3 Å². The monoisotopic (exact) mass is 299 g/mol. The lowest BCUT2D eigenvalue weighted by molar-refractivity contribution is 0.0434. The molecule has 0 unspecified atom stereocenters. The second kappa shape index (κ2) is 9.64. The van der Waals surface area contributed by atoms with Crippen molar-refractivity contribution in [1.29, 1.82) is 0 Å². The van der Waals surface area contributed by atoms with Gasteiger partial charge in [-0.2, -0.15) is 0 Å². The summed E-state index contributed by atoms with van der Waals surface area (Å²) in [6, 6.07) is 7.61. The first-order valence-electron chi connectivity index (χ1n) is 6.60. The summed E-state index contributed by atoms with van der Waals surface area (Å²) in [5.41, 5.74) is 0. The smallest absolute Gasteiger partial charge is 0.120 e. The fourth-order valence-electron chi connectivity index (χ4n) is 1.89. The Morgan fingerprint density at radius 2 is 1.75 bits per heavy atom. The van der Waals surface area contributed by atoms with Gasteiger partial charge in [-0.25, -0.2) is 0 Å². The van der Waals surface area contributed by atoms with E-state index in [-0.39, 0.29) is 12.4 Å². The highest BCUT2D eigenvalue weighted by molar-refractivity contribution is 5.85. The molecule has 1 aromatic carbocycles. The van der Waals surface area contributed by atoms with Gasteiger partial charge in [-0.3, -0.25) is 4.90 Å². The molecule has 20 heavy (non-hydrogen) atoms. The molecule has 0 aliphatic carbocycles. The zero-order chi connectivity index (χ0) is 13.3. The lowest BCUT2D eigenvalue weighted by Gasteiger charge is -2.25. The SMILES string of the molecule is COc1ccc(OCC=CCN2CCOCC2)cc1.Cl. The Balaban J connectivity index is 0.00000200. The zero-order valence-electron chi connectivity index (χ0n) is 11.8. The average Bonchev–Trinajstić information content (AvgIpc) is 2.49. The van der Waals surface area contributed by atoms with Crippen LogP contribution < -0.4 is 9.47 Å². The summed E-state index contributed by atoms with van der Waals surface area (Å²) >= 11 is 0. The van der Waals surface area contributed by atoms with E-state index >= 15 is 0 Å². The lowest BCUT2D eigenvalue weighted by Crippen LogP contribution is -2.36. The second-order valence-electron chi connectivity index (χ2n) is 4.37. The van der Waals surface area contributed by atoms with E-state index in [0.717, 1.165) is 44.3 Å². The molecule has 1 fully saturated rings. The van der Waals surface area contributed by atoms with Gasteiger partial charge in [0.1, 0.15) is 18.1 Å². The van der Waals surface area contributed by atoms with Gasteiger partial charge in [0.2, 0.25) is 0 Å². The molecule has 0 amide bonds. The van der Waals surface area contributed by atoms with Gasteiger partial charge < -0.3 is 14.2 Å². The summed E-state index contributed by atoms with van der Waals surface area (Å²) in [4.78, 5) is 2.37. The van der Waals surface area contributed by atoms with Crippen LogP contribution >= 0.6 is 12.4 Å². The molecule has 0 N–H and O–H groups in total. The molecule has 0 radical (unpaired) electrons.